The molecule has 0 bridgehead atoms. The summed E-state index contributed by atoms with van der Waals surface area (Å²) in [4.78, 5) is 15.8. The molecule has 3 aromatic rings. The van der Waals surface area contributed by atoms with Crippen LogP contribution in [0.2, 0.25) is 0 Å². The van der Waals surface area contributed by atoms with Gasteiger partial charge in [-0.1, -0.05) is 42.1 Å². The molecule has 2 aromatic carbocycles. The van der Waals surface area contributed by atoms with Crippen molar-refractivity contribution in [3.8, 4) is 11.9 Å². The molecule has 0 aliphatic carbocycles. The fraction of sp³-hybridized carbons (Fsp3) is 0.292. The summed E-state index contributed by atoms with van der Waals surface area (Å²) in [5.74, 6) is 1.29. The molecule has 0 N–H and O–H groups in total. The Labute approximate surface area is 187 Å². The number of rotatable bonds is 7. The van der Waals surface area contributed by atoms with Crippen molar-refractivity contribution in [2.45, 2.75) is 28.9 Å². The molecule has 7 heteroatoms. The zero-order chi connectivity index (χ0) is 21.6. The maximum Gasteiger partial charge on any atom is 0.232 e. The minimum Gasteiger partial charge on any atom is -0.472 e. The van der Waals surface area contributed by atoms with E-state index in [1.54, 1.807) is 0 Å². The lowest BCUT2D eigenvalue weighted by atomic mass is 10.2. The molecule has 1 aliphatic heterocycles. The third-order valence-corrected chi connectivity index (χ3v) is 6.32. The molecule has 1 atom stereocenters. The van der Waals surface area contributed by atoms with Crippen LogP contribution < -0.4 is 9.64 Å². The van der Waals surface area contributed by atoms with Crippen molar-refractivity contribution in [1.82, 2.24) is 14.9 Å². The van der Waals surface area contributed by atoms with Gasteiger partial charge in [-0.25, -0.2) is 4.98 Å². The average Bonchev–Trinajstić information content (AvgIpc) is 3.30. The first-order chi connectivity index (χ1) is 15.1. The van der Waals surface area contributed by atoms with E-state index in [1.807, 2.05) is 60.8 Å². The fourth-order valence-electron chi connectivity index (χ4n) is 3.47. The third kappa shape index (κ3) is 5.35. The van der Waals surface area contributed by atoms with Crippen molar-refractivity contribution in [2.75, 3.05) is 32.1 Å². The maximum absolute atomic E-state index is 9.02. The van der Waals surface area contributed by atoms with Crippen molar-refractivity contribution in [1.29, 1.82) is 5.26 Å². The van der Waals surface area contributed by atoms with Gasteiger partial charge in [0.25, 0.3) is 0 Å². The van der Waals surface area contributed by atoms with Gasteiger partial charge in [-0.05, 0) is 50.3 Å². The van der Waals surface area contributed by atoms with Crippen molar-refractivity contribution >= 4 is 17.7 Å². The summed E-state index contributed by atoms with van der Waals surface area (Å²) in [6.07, 6.45) is 2.94. The molecule has 4 rings (SSSR count). The quantitative estimate of drug-likeness (QED) is 0.555. The van der Waals surface area contributed by atoms with Crippen LogP contribution in [0.4, 0.5) is 5.95 Å². The number of hydrogen-bond donors (Lipinski definition) is 0. The van der Waals surface area contributed by atoms with Gasteiger partial charge in [0.1, 0.15) is 6.61 Å². The number of hydrogen-bond acceptors (Lipinski definition) is 7. The average molecular weight is 432 g/mol. The molecule has 0 radical (unpaired) electrons. The molecule has 158 valence electrons. The molecule has 1 aliphatic rings. The second kappa shape index (κ2) is 9.82. The van der Waals surface area contributed by atoms with Crippen molar-refractivity contribution in [2.24, 2.45) is 0 Å². The lowest BCUT2D eigenvalue weighted by Gasteiger charge is -2.21. The monoisotopic (exact) mass is 431 g/mol. The van der Waals surface area contributed by atoms with E-state index in [4.69, 9.17) is 15.0 Å². The minimum atomic E-state index is 0.443. The molecule has 1 unspecified atom stereocenters. The van der Waals surface area contributed by atoms with Gasteiger partial charge in [0.2, 0.25) is 11.8 Å². The molecular formula is C24H25N5OS. The number of nitriles is 1. The van der Waals surface area contributed by atoms with E-state index in [0.717, 1.165) is 34.9 Å². The zero-order valence-electron chi connectivity index (χ0n) is 17.7. The highest BCUT2D eigenvalue weighted by molar-refractivity contribution is 7.99. The second-order valence-corrected chi connectivity index (χ2v) is 8.82. The smallest absolute Gasteiger partial charge is 0.232 e. The minimum absolute atomic E-state index is 0.443. The number of likely N-dealkylation sites (N-methyl/N-ethyl adjacent to an activating group) is 1. The molecule has 6 nitrogen and oxygen atoms in total. The lowest BCUT2D eigenvalue weighted by molar-refractivity contribution is 0.285. The Balaban J connectivity index is 1.57. The first kappa shape index (κ1) is 21.2. The first-order valence-corrected chi connectivity index (χ1v) is 11.1. The molecule has 2 heterocycles. The summed E-state index contributed by atoms with van der Waals surface area (Å²) in [5.41, 5.74) is 1.73. The Bertz CT molecular complexity index is 1050. The summed E-state index contributed by atoms with van der Waals surface area (Å²) >= 11 is 1.54. The first-order valence-electron chi connectivity index (χ1n) is 10.3. The molecule has 0 spiro atoms. The molecule has 1 saturated heterocycles. The molecule has 1 aromatic heterocycles. The number of nitrogens with zero attached hydrogens (tertiary/aromatic N) is 5. The maximum atomic E-state index is 9.02. The highest BCUT2D eigenvalue weighted by Gasteiger charge is 2.26. The zero-order valence-corrected chi connectivity index (χ0v) is 18.5. The number of anilines is 1. The van der Waals surface area contributed by atoms with E-state index in [2.05, 4.69) is 34.9 Å². The normalized spacial score (nSPS) is 15.8. The number of ether oxygens (including phenoxy) is 1. The molecule has 0 amide bonds. The number of benzene rings is 2. The Morgan fingerprint density at radius 2 is 1.94 bits per heavy atom. The molecule has 0 saturated carbocycles. The Morgan fingerprint density at radius 3 is 2.61 bits per heavy atom. The van der Waals surface area contributed by atoms with Crippen molar-refractivity contribution in [3.05, 3.63) is 71.9 Å². The van der Waals surface area contributed by atoms with E-state index in [9.17, 15) is 0 Å². The summed E-state index contributed by atoms with van der Waals surface area (Å²) < 4.78 is 6.15. The van der Waals surface area contributed by atoms with E-state index in [1.165, 1.54) is 11.8 Å². The fourth-order valence-corrected chi connectivity index (χ4v) is 4.29. The van der Waals surface area contributed by atoms with Crippen LogP contribution in [-0.2, 0) is 6.61 Å². The van der Waals surface area contributed by atoms with Crippen LogP contribution in [0.1, 0.15) is 17.5 Å². The summed E-state index contributed by atoms with van der Waals surface area (Å²) in [5, 5.41) is 9.02. The Kier molecular flexibility index (Phi) is 6.70. The van der Waals surface area contributed by atoms with E-state index < -0.39 is 0 Å². The summed E-state index contributed by atoms with van der Waals surface area (Å²) in [6.45, 7) is 2.29. The van der Waals surface area contributed by atoms with Gasteiger partial charge in [0, 0.05) is 24.0 Å². The van der Waals surface area contributed by atoms with Crippen LogP contribution >= 0.6 is 11.8 Å². The lowest BCUT2D eigenvalue weighted by Crippen LogP contribution is -2.32. The van der Waals surface area contributed by atoms with Crippen LogP contribution in [0.3, 0.4) is 0 Å². The third-order valence-electron chi connectivity index (χ3n) is 5.32. The Morgan fingerprint density at radius 1 is 1.16 bits per heavy atom. The SMILES string of the molecule is CN(C)C1CCN(c2ncc(Sc3ccc(C#N)cc3)c(OCc3ccccc3)n2)C1. The van der Waals surface area contributed by atoms with Crippen LogP contribution in [-0.4, -0.2) is 48.1 Å². The van der Waals surface area contributed by atoms with E-state index in [-0.39, 0.29) is 0 Å². The molecular weight excluding hydrogens is 406 g/mol. The Hall–Kier alpha value is -3.08. The molecule has 1 fully saturated rings. The predicted octanol–water partition coefficient (Wildman–Crippen LogP) is 4.22. The predicted molar refractivity (Wildman–Crippen MR) is 122 cm³/mol. The van der Waals surface area contributed by atoms with Crippen molar-refractivity contribution < 1.29 is 4.74 Å². The van der Waals surface area contributed by atoms with Crippen molar-refractivity contribution in [3.63, 3.8) is 0 Å². The van der Waals surface area contributed by atoms with Crippen LogP contribution in [0.5, 0.6) is 5.88 Å². The summed E-state index contributed by atoms with van der Waals surface area (Å²) in [6, 6.07) is 20.2. The van der Waals surface area contributed by atoms with Crippen LogP contribution in [0.15, 0.2) is 70.6 Å². The van der Waals surface area contributed by atoms with Gasteiger partial charge in [0.15, 0.2) is 0 Å². The standard InChI is InChI=1S/C24H25N5OS/c1-28(2)20-12-13-29(16-20)24-26-15-22(31-21-10-8-18(14-25)9-11-21)23(27-24)30-17-19-6-4-3-5-7-19/h3-11,15,20H,12-13,16-17H2,1-2H3. The highest BCUT2D eigenvalue weighted by Crippen LogP contribution is 2.35. The van der Waals surface area contributed by atoms with Gasteiger partial charge in [-0.3, -0.25) is 0 Å². The van der Waals surface area contributed by atoms with Crippen LogP contribution in [0, 0.1) is 11.3 Å². The van der Waals surface area contributed by atoms with Gasteiger partial charge in [-0.2, -0.15) is 10.2 Å². The van der Waals surface area contributed by atoms with Gasteiger partial charge < -0.3 is 14.5 Å². The summed E-state index contributed by atoms with van der Waals surface area (Å²) in [7, 11) is 4.22. The number of aromatic nitrogens is 2. The second-order valence-electron chi connectivity index (χ2n) is 7.70. The van der Waals surface area contributed by atoms with Gasteiger partial charge >= 0.3 is 0 Å². The topological polar surface area (TPSA) is 65.3 Å². The van der Waals surface area contributed by atoms with E-state index in [0.29, 0.717) is 30.0 Å². The van der Waals surface area contributed by atoms with Crippen LogP contribution in [0.25, 0.3) is 0 Å². The largest absolute Gasteiger partial charge is 0.472 e. The van der Waals surface area contributed by atoms with Gasteiger partial charge in [0.05, 0.1) is 22.7 Å². The highest BCUT2D eigenvalue weighted by atomic mass is 32.2. The van der Waals surface area contributed by atoms with E-state index >= 15 is 0 Å². The molecule has 31 heavy (non-hydrogen) atoms. The van der Waals surface area contributed by atoms with Gasteiger partial charge in [-0.15, -0.1) is 0 Å².